The minimum atomic E-state index is -0.230. The number of aliphatic hydroxyl groups is 1. The molecule has 1 aromatic heterocycles. The van der Waals surface area contributed by atoms with Gasteiger partial charge in [0.25, 0.3) is 0 Å². The summed E-state index contributed by atoms with van der Waals surface area (Å²) in [6.07, 6.45) is 1.50. The van der Waals surface area contributed by atoms with E-state index in [1.54, 1.807) is 11.3 Å². The van der Waals surface area contributed by atoms with Crippen LogP contribution in [0.3, 0.4) is 0 Å². The molecule has 0 aliphatic heterocycles. The van der Waals surface area contributed by atoms with Crippen LogP contribution in [0.4, 0.5) is 4.79 Å². The third-order valence-electron chi connectivity index (χ3n) is 2.64. The summed E-state index contributed by atoms with van der Waals surface area (Å²) in [6, 6.07) is -0.409. The first-order chi connectivity index (χ1) is 9.01. The molecule has 0 aromatic carbocycles. The normalized spacial score (nSPS) is 12.5. The Morgan fingerprint density at radius 2 is 2.26 bits per heavy atom. The van der Waals surface area contributed by atoms with Crippen molar-refractivity contribution in [2.75, 3.05) is 13.2 Å². The molecule has 0 saturated heterocycles. The molecule has 1 rings (SSSR count). The SMILES string of the molecule is Cc1nc(CCNC(=O)N[C@@H](CO)CC(C)C)cs1. The van der Waals surface area contributed by atoms with Crippen LogP contribution in [0, 0.1) is 12.8 Å². The lowest BCUT2D eigenvalue weighted by Crippen LogP contribution is -2.44. The first-order valence-electron chi connectivity index (χ1n) is 6.57. The number of aryl methyl sites for hydroxylation is 1. The van der Waals surface area contributed by atoms with Crippen molar-refractivity contribution in [3.8, 4) is 0 Å². The van der Waals surface area contributed by atoms with E-state index in [1.165, 1.54) is 0 Å². The number of urea groups is 1. The molecular weight excluding hydrogens is 262 g/mol. The monoisotopic (exact) mass is 285 g/mol. The highest BCUT2D eigenvalue weighted by Crippen LogP contribution is 2.07. The molecule has 6 heteroatoms. The number of carbonyl (C=O) groups excluding carboxylic acids is 1. The number of amides is 2. The second-order valence-electron chi connectivity index (χ2n) is 5.02. The van der Waals surface area contributed by atoms with Gasteiger partial charge in [0.2, 0.25) is 0 Å². The summed E-state index contributed by atoms with van der Waals surface area (Å²) in [7, 11) is 0. The Morgan fingerprint density at radius 3 is 2.79 bits per heavy atom. The number of hydrogen-bond acceptors (Lipinski definition) is 4. The molecule has 2 amide bonds. The van der Waals surface area contributed by atoms with Crippen molar-refractivity contribution in [1.29, 1.82) is 0 Å². The Balaban J connectivity index is 2.23. The smallest absolute Gasteiger partial charge is 0.315 e. The van der Waals surface area contributed by atoms with Gasteiger partial charge in [-0.15, -0.1) is 11.3 Å². The molecular formula is C13H23N3O2S. The molecule has 0 aliphatic carbocycles. The highest BCUT2D eigenvalue weighted by Gasteiger charge is 2.12. The summed E-state index contributed by atoms with van der Waals surface area (Å²) in [5.74, 6) is 0.440. The number of aromatic nitrogens is 1. The van der Waals surface area contributed by atoms with Crippen molar-refractivity contribution in [2.45, 2.75) is 39.7 Å². The van der Waals surface area contributed by atoms with Gasteiger partial charge in [-0.25, -0.2) is 9.78 Å². The molecule has 5 nitrogen and oxygen atoms in total. The highest BCUT2D eigenvalue weighted by molar-refractivity contribution is 7.09. The zero-order chi connectivity index (χ0) is 14.3. The van der Waals surface area contributed by atoms with E-state index in [-0.39, 0.29) is 18.7 Å². The molecule has 1 heterocycles. The summed E-state index contributed by atoms with van der Waals surface area (Å²) in [6.45, 7) is 6.61. The quantitative estimate of drug-likeness (QED) is 0.714. The van der Waals surface area contributed by atoms with Crippen LogP contribution < -0.4 is 10.6 Å². The van der Waals surface area contributed by atoms with Gasteiger partial charge in [-0.3, -0.25) is 0 Å². The number of nitrogens with one attached hydrogen (secondary N) is 2. The standard InChI is InChI=1S/C13H23N3O2S/c1-9(2)6-12(7-17)16-13(18)14-5-4-11-8-19-10(3)15-11/h8-9,12,17H,4-7H2,1-3H3,(H2,14,16,18)/t12-/m1/s1. The molecule has 0 radical (unpaired) electrons. The lowest BCUT2D eigenvalue weighted by Gasteiger charge is -2.18. The number of aliphatic hydroxyl groups excluding tert-OH is 1. The van der Waals surface area contributed by atoms with Crippen molar-refractivity contribution in [1.82, 2.24) is 15.6 Å². The van der Waals surface area contributed by atoms with Gasteiger partial charge in [0.15, 0.2) is 0 Å². The van der Waals surface area contributed by atoms with Crippen molar-refractivity contribution in [3.63, 3.8) is 0 Å². The van der Waals surface area contributed by atoms with Crippen molar-refractivity contribution in [3.05, 3.63) is 16.1 Å². The third-order valence-corrected chi connectivity index (χ3v) is 3.47. The molecule has 0 unspecified atom stereocenters. The third kappa shape index (κ3) is 6.54. The number of rotatable bonds is 7. The number of hydrogen-bond donors (Lipinski definition) is 3. The number of carbonyl (C=O) groups is 1. The molecule has 3 N–H and O–H groups in total. The Morgan fingerprint density at radius 1 is 1.53 bits per heavy atom. The summed E-state index contributed by atoms with van der Waals surface area (Å²) in [5, 5.41) is 17.8. The lowest BCUT2D eigenvalue weighted by atomic mass is 10.0. The van der Waals surface area contributed by atoms with Gasteiger partial charge in [0.1, 0.15) is 0 Å². The molecule has 0 saturated carbocycles. The van der Waals surface area contributed by atoms with Crippen LogP contribution in [0.2, 0.25) is 0 Å². The molecule has 0 fully saturated rings. The van der Waals surface area contributed by atoms with Crippen LogP contribution in [0.5, 0.6) is 0 Å². The van der Waals surface area contributed by atoms with Gasteiger partial charge in [-0.1, -0.05) is 13.8 Å². The maximum absolute atomic E-state index is 11.6. The van der Waals surface area contributed by atoms with Crippen molar-refractivity contribution in [2.24, 2.45) is 5.92 Å². The maximum Gasteiger partial charge on any atom is 0.315 e. The van der Waals surface area contributed by atoms with Gasteiger partial charge in [0.05, 0.1) is 23.4 Å². The second-order valence-corrected chi connectivity index (χ2v) is 6.08. The second kappa shape index (κ2) is 8.12. The van der Waals surface area contributed by atoms with Gasteiger partial charge in [0, 0.05) is 18.3 Å². The van der Waals surface area contributed by atoms with Gasteiger partial charge < -0.3 is 15.7 Å². The molecule has 1 aromatic rings. The summed E-state index contributed by atoms with van der Waals surface area (Å²) < 4.78 is 0. The van der Waals surface area contributed by atoms with Crippen LogP contribution in [0.25, 0.3) is 0 Å². The number of thiazole rings is 1. The first kappa shape index (κ1) is 15.9. The van der Waals surface area contributed by atoms with Crippen LogP contribution in [0.15, 0.2) is 5.38 Å². The van der Waals surface area contributed by atoms with Crippen molar-refractivity contribution >= 4 is 17.4 Å². The van der Waals surface area contributed by atoms with E-state index in [4.69, 9.17) is 0 Å². The fourth-order valence-electron chi connectivity index (χ4n) is 1.81. The van der Waals surface area contributed by atoms with E-state index in [9.17, 15) is 9.90 Å². The molecule has 0 bridgehead atoms. The maximum atomic E-state index is 11.6. The summed E-state index contributed by atoms with van der Waals surface area (Å²) in [5.41, 5.74) is 1.00. The largest absolute Gasteiger partial charge is 0.394 e. The average molecular weight is 285 g/mol. The predicted molar refractivity (Wildman–Crippen MR) is 77.4 cm³/mol. The van der Waals surface area contributed by atoms with Gasteiger partial charge >= 0.3 is 6.03 Å². The van der Waals surface area contributed by atoms with E-state index in [0.29, 0.717) is 12.5 Å². The van der Waals surface area contributed by atoms with E-state index < -0.39 is 0 Å². The van der Waals surface area contributed by atoms with E-state index in [2.05, 4.69) is 29.5 Å². The molecule has 0 spiro atoms. The van der Waals surface area contributed by atoms with E-state index >= 15 is 0 Å². The van der Waals surface area contributed by atoms with Crippen LogP contribution in [-0.4, -0.2) is 35.3 Å². The van der Waals surface area contributed by atoms with Crippen LogP contribution >= 0.6 is 11.3 Å². The van der Waals surface area contributed by atoms with E-state index in [1.807, 2.05) is 12.3 Å². The lowest BCUT2D eigenvalue weighted by molar-refractivity contribution is 0.207. The van der Waals surface area contributed by atoms with E-state index in [0.717, 1.165) is 23.5 Å². The van der Waals surface area contributed by atoms with Crippen LogP contribution in [0.1, 0.15) is 31.0 Å². The minimum absolute atomic E-state index is 0.0309. The topological polar surface area (TPSA) is 74.2 Å². The zero-order valence-corrected chi connectivity index (χ0v) is 12.6. The Labute approximate surface area is 118 Å². The first-order valence-corrected chi connectivity index (χ1v) is 7.45. The number of nitrogens with zero attached hydrogens (tertiary/aromatic N) is 1. The Hall–Kier alpha value is -1.14. The van der Waals surface area contributed by atoms with Crippen molar-refractivity contribution < 1.29 is 9.90 Å². The minimum Gasteiger partial charge on any atom is -0.394 e. The average Bonchev–Trinajstić information content (AvgIpc) is 2.73. The Bertz CT molecular complexity index is 393. The van der Waals surface area contributed by atoms with Crippen LogP contribution in [-0.2, 0) is 6.42 Å². The van der Waals surface area contributed by atoms with Gasteiger partial charge in [-0.05, 0) is 19.3 Å². The molecule has 19 heavy (non-hydrogen) atoms. The van der Waals surface area contributed by atoms with Gasteiger partial charge in [-0.2, -0.15) is 0 Å². The molecule has 1 atom stereocenters. The summed E-state index contributed by atoms with van der Waals surface area (Å²) >= 11 is 1.61. The Kier molecular flexibility index (Phi) is 6.80. The molecule has 108 valence electrons. The highest BCUT2D eigenvalue weighted by atomic mass is 32.1. The predicted octanol–water partition coefficient (Wildman–Crippen LogP) is 1.70. The summed E-state index contributed by atoms with van der Waals surface area (Å²) in [4.78, 5) is 16.0. The fourth-order valence-corrected chi connectivity index (χ4v) is 2.46. The molecule has 0 aliphatic rings. The fraction of sp³-hybridized carbons (Fsp3) is 0.692. The zero-order valence-electron chi connectivity index (χ0n) is 11.8.